The lowest BCUT2D eigenvalue weighted by molar-refractivity contribution is -0.141. The van der Waals surface area contributed by atoms with Gasteiger partial charge in [-0.05, 0) is 35.0 Å². The number of ether oxygens (including phenoxy) is 1. The minimum Gasteiger partial charge on any atom is -0.465 e. The molecular formula is C9H12BrNO2S. The summed E-state index contributed by atoms with van der Waals surface area (Å²) in [4.78, 5) is 13.0. The van der Waals surface area contributed by atoms with Gasteiger partial charge >= 0.3 is 5.97 Å². The number of carbonyl (C=O) groups excluding carboxylic acids is 1. The highest BCUT2D eigenvalue weighted by Gasteiger charge is 2.09. The Morgan fingerprint density at radius 1 is 1.64 bits per heavy atom. The van der Waals surface area contributed by atoms with Crippen LogP contribution in [-0.4, -0.2) is 26.2 Å². The number of rotatable bonds is 4. The maximum atomic E-state index is 11.2. The van der Waals surface area contributed by atoms with Crippen molar-refractivity contribution in [1.29, 1.82) is 0 Å². The van der Waals surface area contributed by atoms with Crippen molar-refractivity contribution >= 4 is 38.2 Å². The van der Waals surface area contributed by atoms with Gasteiger partial charge in [0, 0.05) is 7.05 Å². The quantitative estimate of drug-likeness (QED) is 0.793. The summed E-state index contributed by atoms with van der Waals surface area (Å²) in [6.07, 6.45) is 0. The molecule has 5 heteroatoms. The van der Waals surface area contributed by atoms with Gasteiger partial charge in [0.25, 0.3) is 0 Å². The molecule has 0 unspecified atom stereocenters. The average molecular weight is 278 g/mol. The third kappa shape index (κ3) is 3.31. The van der Waals surface area contributed by atoms with E-state index in [4.69, 9.17) is 4.74 Å². The number of likely N-dealkylation sites (N-methyl/N-ethyl adjacent to an activating group) is 1. The largest absolute Gasteiger partial charge is 0.465 e. The fraction of sp³-hybridized carbons (Fsp3) is 0.444. The zero-order valence-electron chi connectivity index (χ0n) is 8.12. The Balaban J connectivity index is 2.50. The predicted molar refractivity (Wildman–Crippen MR) is 61.9 cm³/mol. The van der Waals surface area contributed by atoms with Crippen LogP contribution in [0, 0.1) is 0 Å². The zero-order chi connectivity index (χ0) is 10.6. The standard InChI is InChI=1S/C9H12BrNO2S/c1-3-13-9(12)6-11(2)8-5-4-7(10)14-8/h4-5H,3,6H2,1-2H3. The fourth-order valence-corrected chi connectivity index (χ4v) is 2.31. The van der Waals surface area contributed by atoms with Crippen LogP contribution in [0.1, 0.15) is 6.92 Å². The molecule has 1 heterocycles. The molecule has 0 spiro atoms. The summed E-state index contributed by atoms with van der Waals surface area (Å²) >= 11 is 4.96. The Kier molecular flexibility index (Phi) is 4.41. The lowest BCUT2D eigenvalue weighted by Gasteiger charge is -2.15. The van der Waals surface area contributed by atoms with Gasteiger partial charge in [-0.1, -0.05) is 0 Å². The highest BCUT2D eigenvalue weighted by atomic mass is 79.9. The van der Waals surface area contributed by atoms with E-state index < -0.39 is 0 Å². The second-order valence-corrected chi connectivity index (χ2v) is 5.18. The van der Waals surface area contributed by atoms with Crippen molar-refractivity contribution in [3.05, 3.63) is 15.9 Å². The van der Waals surface area contributed by atoms with Crippen molar-refractivity contribution in [3.63, 3.8) is 0 Å². The fourth-order valence-electron chi connectivity index (χ4n) is 0.988. The molecule has 0 saturated carbocycles. The highest BCUT2D eigenvalue weighted by Crippen LogP contribution is 2.28. The maximum absolute atomic E-state index is 11.2. The van der Waals surface area contributed by atoms with E-state index in [9.17, 15) is 4.79 Å². The summed E-state index contributed by atoms with van der Waals surface area (Å²) in [5.41, 5.74) is 0. The maximum Gasteiger partial charge on any atom is 0.325 e. The van der Waals surface area contributed by atoms with Gasteiger partial charge in [-0.2, -0.15) is 0 Å². The van der Waals surface area contributed by atoms with Crippen LogP contribution in [0.5, 0.6) is 0 Å². The van der Waals surface area contributed by atoms with Crippen LogP contribution in [0.4, 0.5) is 5.00 Å². The van der Waals surface area contributed by atoms with E-state index in [-0.39, 0.29) is 5.97 Å². The first-order valence-corrected chi connectivity index (χ1v) is 5.86. The molecule has 0 amide bonds. The van der Waals surface area contributed by atoms with E-state index >= 15 is 0 Å². The van der Waals surface area contributed by atoms with Gasteiger partial charge in [0.1, 0.15) is 6.54 Å². The molecule has 0 N–H and O–H groups in total. The molecule has 0 atom stereocenters. The van der Waals surface area contributed by atoms with Crippen LogP contribution in [0.3, 0.4) is 0 Å². The number of hydrogen-bond donors (Lipinski definition) is 0. The van der Waals surface area contributed by atoms with Crippen molar-refractivity contribution in [2.24, 2.45) is 0 Å². The van der Waals surface area contributed by atoms with Crippen molar-refractivity contribution < 1.29 is 9.53 Å². The van der Waals surface area contributed by atoms with E-state index in [0.717, 1.165) is 8.79 Å². The van der Waals surface area contributed by atoms with Crippen LogP contribution in [0.2, 0.25) is 0 Å². The summed E-state index contributed by atoms with van der Waals surface area (Å²) < 4.78 is 5.91. The Hall–Kier alpha value is -0.550. The molecule has 0 bridgehead atoms. The number of halogens is 1. The molecule has 0 aliphatic rings. The van der Waals surface area contributed by atoms with E-state index in [1.807, 2.05) is 24.1 Å². The summed E-state index contributed by atoms with van der Waals surface area (Å²) in [7, 11) is 1.87. The van der Waals surface area contributed by atoms with E-state index in [0.29, 0.717) is 13.2 Å². The third-order valence-electron chi connectivity index (χ3n) is 1.61. The van der Waals surface area contributed by atoms with Crippen molar-refractivity contribution in [2.45, 2.75) is 6.92 Å². The summed E-state index contributed by atoms with van der Waals surface area (Å²) in [5.74, 6) is -0.195. The molecule has 14 heavy (non-hydrogen) atoms. The Bertz CT molecular complexity index is 314. The number of nitrogens with zero attached hydrogens (tertiary/aromatic N) is 1. The molecule has 0 fully saturated rings. The van der Waals surface area contributed by atoms with Crippen molar-refractivity contribution in [2.75, 3.05) is 25.1 Å². The molecule has 0 aliphatic heterocycles. The molecule has 3 nitrogen and oxygen atoms in total. The third-order valence-corrected chi connectivity index (χ3v) is 3.34. The molecule has 0 aliphatic carbocycles. The summed E-state index contributed by atoms with van der Waals surface area (Å²) in [5, 5.41) is 1.05. The normalized spacial score (nSPS) is 9.93. The minimum absolute atomic E-state index is 0.195. The Morgan fingerprint density at radius 3 is 2.86 bits per heavy atom. The van der Waals surface area contributed by atoms with Crippen LogP contribution in [-0.2, 0) is 9.53 Å². The van der Waals surface area contributed by atoms with Crippen molar-refractivity contribution in [3.8, 4) is 0 Å². The first-order chi connectivity index (χ1) is 6.63. The van der Waals surface area contributed by atoms with Gasteiger partial charge < -0.3 is 9.64 Å². The minimum atomic E-state index is -0.195. The Morgan fingerprint density at radius 2 is 2.36 bits per heavy atom. The first kappa shape index (κ1) is 11.5. The van der Waals surface area contributed by atoms with Crippen LogP contribution < -0.4 is 4.90 Å². The zero-order valence-corrected chi connectivity index (χ0v) is 10.5. The topological polar surface area (TPSA) is 29.5 Å². The monoisotopic (exact) mass is 277 g/mol. The van der Waals surface area contributed by atoms with Gasteiger partial charge in [0.15, 0.2) is 0 Å². The molecule has 0 saturated heterocycles. The van der Waals surface area contributed by atoms with E-state index in [1.165, 1.54) is 0 Å². The van der Waals surface area contributed by atoms with Crippen LogP contribution in [0.25, 0.3) is 0 Å². The van der Waals surface area contributed by atoms with Crippen LogP contribution in [0.15, 0.2) is 15.9 Å². The molecular weight excluding hydrogens is 266 g/mol. The number of carbonyl (C=O) groups is 1. The second-order valence-electron chi connectivity index (χ2n) is 2.74. The lowest BCUT2D eigenvalue weighted by Crippen LogP contribution is -2.26. The molecule has 1 rings (SSSR count). The number of thiophene rings is 1. The van der Waals surface area contributed by atoms with Gasteiger partial charge in [0.2, 0.25) is 0 Å². The predicted octanol–water partition coefficient (Wildman–Crippen LogP) is 2.51. The summed E-state index contributed by atoms with van der Waals surface area (Å²) in [6, 6.07) is 3.93. The summed E-state index contributed by atoms with van der Waals surface area (Å²) in [6.45, 7) is 2.53. The lowest BCUT2D eigenvalue weighted by atomic mass is 10.5. The van der Waals surface area contributed by atoms with Gasteiger partial charge in [0.05, 0.1) is 15.4 Å². The smallest absolute Gasteiger partial charge is 0.325 e. The van der Waals surface area contributed by atoms with E-state index in [2.05, 4.69) is 15.9 Å². The van der Waals surface area contributed by atoms with Gasteiger partial charge in [-0.25, -0.2) is 0 Å². The van der Waals surface area contributed by atoms with Gasteiger partial charge in [-0.15, -0.1) is 11.3 Å². The average Bonchev–Trinajstić information content (AvgIpc) is 2.52. The molecule has 0 radical (unpaired) electrons. The molecule has 1 aromatic rings. The number of anilines is 1. The number of hydrogen-bond acceptors (Lipinski definition) is 4. The van der Waals surface area contributed by atoms with E-state index in [1.54, 1.807) is 18.3 Å². The highest BCUT2D eigenvalue weighted by molar-refractivity contribution is 9.11. The molecule has 1 aromatic heterocycles. The van der Waals surface area contributed by atoms with Crippen molar-refractivity contribution in [1.82, 2.24) is 0 Å². The Labute approximate surface area is 95.8 Å². The molecule has 0 aromatic carbocycles. The SMILES string of the molecule is CCOC(=O)CN(C)c1ccc(Br)s1. The van der Waals surface area contributed by atoms with Crippen LogP contribution >= 0.6 is 27.3 Å². The van der Waals surface area contributed by atoms with Gasteiger partial charge in [-0.3, -0.25) is 4.79 Å². The number of esters is 1. The first-order valence-electron chi connectivity index (χ1n) is 4.25. The second kappa shape index (κ2) is 5.36. The molecule has 78 valence electrons.